The van der Waals surface area contributed by atoms with Crippen LogP contribution in [0.1, 0.15) is 13.3 Å². The van der Waals surface area contributed by atoms with Crippen molar-refractivity contribution in [3.8, 4) is 0 Å². The van der Waals surface area contributed by atoms with Crippen molar-refractivity contribution in [2.24, 2.45) is 5.41 Å². The van der Waals surface area contributed by atoms with Gasteiger partial charge in [-0.25, -0.2) is 4.79 Å². The lowest BCUT2D eigenvalue weighted by atomic mass is 9.83. The number of aliphatic hydroxyl groups excluding tert-OH is 1. The fourth-order valence-corrected chi connectivity index (χ4v) is 1.12. The van der Waals surface area contributed by atoms with Crippen molar-refractivity contribution in [1.82, 2.24) is 0 Å². The Balaban J connectivity index is 2.35. The molecule has 0 aromatic heterocycles. The van der Waals surface area contributed by atoms with E-state index in [2.05, 4.69) is 0 Å². The average Bonchev–Trinajstić information content (AvgIpc) is 1.84. The molecular formula is C7H12O4. The molecule has 2 N–H and O–H groups in total. The first-order chi connectivity index (χ1) is 5.03. The monoisotopic (exact) mass is 160 g/mol. The van der Waals surface area contributed by atoms with Gasteiger partial charge in [-0.2, -0.15) is 0 Å². The van der Waals surface area contributed by atoms with Crippen LogP contribution in [0.2, 0.25) is 0 Å². The third-order valence-corrected chi connectivity index (χ3v) is 1.87. The molecule has 1 rings (SSSR count). The fourth-order valence-electron chi connectivity index (χ4n) is 1.12. The van der Waals surface area contributed by atoms with Crippen LogP contribution in [0.25, 0.3) is 0 Å². The quantitative estimate of drug-likeness (QED) is 0.603. The largest absolute Gasteiger partial charge is 0.479 e. The number of hydrogen-bond acceptors (Lipinski definition) is 3. The lowest BCUT2D eigenvalue weighted by Crippen LogP contribution is -2.43. The maximum atomic E-state index is 10.2. The summed E-state index contributed by atoms with van der Waals surface area (Å²) >= 11 is 0. The summed E-state index contributed by atoms with van der Waals surface area (Å²) in [4.78, 5) is 10.2. The van der Waals surface area contributed by atoms with Gasteiger partial charge in [-0.15, -0.1) is 0 Å². The first kappa shape index (κ1) is 8.49. The molecule has 1 aliphatic heterocycles. The standard InChI is InChI=1S/C7H12O4/c1-7(3-11-4-7)2-5(8)6(9)10/h5,8H,2-4H2,1H3,(H,9,10). The van der Waals surface area contributed by atoms with Gasteiger partial charge in [0.25, 0.3) is 0 Å². The van der Waals surface area contributed by atoms with Gasteiger partial charge in [-0.1, -0.05) is 6.92 Å². The normalized spacial score (nSPS) is 23.8. The second-order valence-electron chi connectivity index (χ2n) is 3.36. The van der Waals surface area contributed by atoms with Gasteiger partial charge in [-0.3, -0.25) is 0 Å². The van der Waals surface area contributed by atoms with Crippen molar-refractivity contribution in [1.29, 1.82) is 0 Å². The van der Waals surface area contributed by atoms with E-state index in [0.717, 1.165) is 0 Å². The molecule has 1 saturated heterocycles. The van der Waals surface area contributed by atoms with Crippen LogP contribution in [0.3, 0.4) is 0 Å². The van der Waals surface area contributed by atoms with E-state index in [1.807, 2.05) is 6.92 Å². The van der Waals surface area contributed by atoms with Gasteiger partial charge in [-0.05, 0) is 6.42 Å². The first-order valence-electron chi connectivity index (χ1n) is 3.52. The molecule has 4 nitrogen and oxygen atoms in total. The summed E-state index contributed by atoms with van der Waals surface area (Å²) in [6.45, 7) is 3.01. The van der Waals surface area contributed by atoms with Crippen LogP contribution in [-0.2, 0) is 9.53 Å². The SMILES string of the molecule is CC1(CC(O)C(=O)O)COC1. The number of rotatable bonds is 3. The molecule has 1 heterocycles. The molecular weight excluding hydrogens is 148 g/mol. The number of aliphatic hydroxyl groups is 1. The van der Waals surface area contributed by atoms with Crippen LogP contribution in [-0.4, -0.2) is 35.5 Å². The third kappa shape index (κ3) is 1.91. The maximum Gasteiger partial charge on any atom is 0.332 e. The summed E-state index contributed by atoms with van der Waals surface area (Å²) in [5.41, 5.74) is -0.127. The lowest BCUT2D eigenvalue weighted by molar-refractivity contribution is -0.157. The van der Waals surface area contributed by atoms with Crippen molar-refractivity contribution in [3.05, 3.63) is 0 Å². The van der Waals surface area contributed by atoms with E-state index in [1.54, 1.807) is 0 Å². The summed E-state index contributed by atoms with van der Waals surface area (Å²) in [6.07, 6.45) is -0.966. The molecule has 1 unspecified atom stereocenters. The number of aliphatic carboxylic acids is 1. The van der Waals surface area contributed by atoms with Gasteiger partial charge < -0.3 is 14.9 Å². The second-order valence-corrected chi connectivity index (χ2v) is 3.36. The minimum absolute atomic E-state index is 0.127. The summed E-state index contributed by atoms with van der Waals surface area (Å²) in [7, 11) is 0. The molecule has 0 amide bonds. The van der Waals surface area contributed by atoms with E-state index in [9.17, 15) is 4.79 Å². The zero-order valence-corrected chi connectivity index (χ0v) is 6.41. The van der Waals surface area contributed by atoms with Crippen LogP contribution in [0, 0.1) is 5.41 Å². The third-order valence-electron chi connectivity index (χ3n) is 1.87. The van der Waals surface area contributed by atoms with Crippen LogP contribution >= 0.6 is 0 Å². The van der Waals surface area contributed by atoms with Crippen LogP contribution in [0.4, 0.5) is 0 Å². The van der Waals surface area contributed by atoms with Crippen molar-refractivity contribution >= 4 is 5.97 Å². The average molecular weight is 160 g/mol. The topological polar surface area (TPSA) is 66.8 Å². The number of carboxylic acid groups (broad SMARTS) is 1. The Bertz CT molecular complexity index is 162. The minimum atomic E-state index is -1.25. The summed E-state index contributed by atoms with van der Waals surface area (Å²) in [5, 5.41) is 17.3. The van der Waals surface area contributed by atoms with Gasteiger partial charge in [0.2, 0.25) is 0 Å². The molecule has 0 aromatic rings. The summed E-state index contributed by atoms with van der Waals surface area (Å²) in [6, 6.07) is 0. The molecule has 11 heavy (non-hydrogen) atoms. The Kier molecular flexibility index (Phi) is 2.15. The zero-order chi connectivity index (χ0) is 8.48. The van der Waals surface area contributed by atoms with E-state index in [1.165, 1.54) is 0 Å². The van der Waals surface area contributed by atoms with Crippen molar-refractivity contribution in [3.63, 3.8) is 0 Å². The van der Waals surface area contributed by atoms with Crippen LogP contribution in [0.5, 0.6) is 0 Å². The van der Waals surface area contributed by atoms with Gasteiger partial charge in [0.1, 0.15) is 0 Å². The Hall–Kier alpha value is -0.610. The smallest absolute Gasteiger partial charge is 0.332 e. The molecule has 0 bridgehead atoms. The van der Waals surface area contributed by atoms with E-state index >= 15 is 0 Å². The summed E-state index contributed by atoms with van der Waals surface area (Å²) in [5.74, 6) is -1.15. The lowest BCUT2D eigenvalue weighted by Gasteiger charge is -2.38. The molecule has 1 atom stereocenters. The van der Waals surface area contributed by atoms with E-state index in [4.69, 9.17) is 14.9 Å². The predicted molar refractivity (Wildman–Crippen MR) is 37.2 cm³/mol. The number of ether oxygens (including phenoxy) is 1. The molecule has 0 aromatic carbocycles. The fraction of sp³-hybridized carbons (Fsp3) is 0.857. The molecule has 0 radical (unpaired) electrons. The Morgan fingerprint density at radius 1 is 1.73 bits per heavy atom. The van der Waals surface area contributed by atoms with Gasteiger partial charge >= 0.3 is 5.97 Å². The first-order valence-corrected chi connectivity index (χ1v) is 3.52. The maximum absolute atomic E-state index is 10.2. The molecule has 4 heteroatoms. The molecule has 1 fully saturated rings. The van der Waals surface area contributed by atoms with Gasteiger partial charge in [0, 0.05) is 5.41 Å². The molecule has 0 saturated carbocycles. The van der Waals surface area contributed by atoms with Crippen molar-refractivity contribution in [2.75, 3.05) is 13.2 Å². The highest BCUT2D eigenvalue weighted by atomic mass is 16.5. The molecule has 0 spiro atoms. The number of carbonyl (C=O) groups is 1. The Labute approximate surface area is 64.8 Å². The molecule has 64 valence electrons. The molecule has 1 aliphatic rings. The highest BCUT2D eigenvalue weighted by Gasteiger charge is 2.37. The highest BCUT2D eigenvalue weighted by Crippen LogP contribution is 2.31. The zero-order valence-electron chi connectivity index (χ0n) is 6.41. The highest BCUT2D eigenvalue weighted by molar-refractivity contribution is 5.71. The predicted octanol–water partition coefficient (Wildman–Crippen LogP) is -0.141. The van der Waals surface area contributed by atoms with Crippen LogP contribution < -0.4 is 0 Å². The van der Waals surface area contributed by atoms with E-state index in [0.29, 0.717) is 13.2 Å². The van der Waals surface area contributed by atoms with Crippen LogP contribution in [0.15, 0.2) is 0 Å². The van der Waals surface area contributed by atoms with Gasteiger partial charge in [0.05, 0.1) is 13.2 Å². The Morgan fingerprint density at radius 2 is 2.27 bits per heavy atom. The van der Waals surface area contributed by atoms with Crippen molar-refractivity contribution < 1.29 is 19.7 Å². The van der Waals surface area contributed by atoms with E-state index in [-0.39, 0.29) is 11.8 Å². The number of carboxylic acids is 1. The Morgan fingerprint density at radius 3 is 2.55 bits per heavy atom. The second kappa shape index (κ2) is 2.79. The van der Waals surface area contributed by atoms with Crippen molar-refractivity contribution in [2.45, 2.75) is 19.4 Å². The number of hydrogen-bond donors (Lipinski definition) is 2. The minimum Gasteiger partial charge on any atom is -0.479 e. The molecule has 0 aliphatic carbocycles. The summed E-state index contributed by atoms with van der Waals surface area (Å²) < 4.78 is 4.91. The van der Waals surface area contributed by atoms with Gasteiger partial charge in [0.15, 0.2) is 6.10 Å². The van der Waals surface area contributed by atoms with E-state index < -0.39 is 12.1 Å².